The van der Waals surface area contributed by atoms with Gasteiger partial charge in [0.2, 0.25) is 0 Å². The van der Waals surface area contributed by atoms with E-state index in [1.165, 1.54) is 29.3 Å². The minimum absolute atomic E-state index is 0.0692. The van der Waals surface area contributed by atoms with E-state index in [4.69, 9.17) is 10.7 Å². The van der Waals surface area contributed by atoms with Crippen molar-refractivity contribution >= 4 is 46.6 Å². The number of fused-ring (bicyclic) bond motifs is 2. The van der Waals surface area contributed by atoms with Crippen LogP contribution in [0.3, 0.4) is 0 Å². The Hall–Kier alpha value is -4.12. The minimum Gasteiger partial charge on any atom is -0.381 e. The van der Waals surface area contributed by atoms with E-state index < -0.39 is 5.91 Å². The molecule has 2 amide bonds. The van der Waals surface area contributed by atoms with Crippen molar-refractivity contribution in [1.82, 2.24) is 24.5 Å². The van der Waals surface area contributed by atoms with Crippen LogP contribution in [0.15, 0.2) is 42.7 Å². The summed E-state index contributed by atoms with van der Waals surface area (Å²) in [6.45, 7) is 4.57. The Morgan fingerprint density at radius 3 is 2.79 bits per heavy atom. The van der Waals surface area contributed by atoms with E-state index in [1.54, 1.807) is 24.5 Å². The standard InChI is InChI=1S/C27H28N8O2S/c1-14-10-19(6-8-29-14)30-26(36)23-24(28)32-35-9-7-20(31-25(23)35)17-11-18-13-34(15(2)16-4-5-16)27(37)22(18)21(12-17)33-38-3/h6-12,15-16,33H,4-5,13H2,1-3H3,(H2,28,32)(H,29,30,36). The number of amides is 2. The van der Waals surface area contributed by atoms with Crippen LogP contribution in [-0.2, 0) is 6.54 Å². The fraction of sp³-hybridized carbons (Fsp3) is 0.296. The summed E-state index contributed by atoms with van der Waals surface area (Å²) in [5.41, 5.74) is 12.0. The van der Waals surface area contributed by atoms with E-state index in [1.807, 2.05) is 36.3 Å². The summed E-state index contributed by atoms with van der Waals surface area (Å²) < 4.78 is 4.79. The van der Waals surface area contributed by atoms with Crippen LogP contribution in [0.1, 0.15) is 51.7 Å². The molecule has 0 radical (unpaired) electrons. The Balaban J connectivity index is 1.38. The monoisotopic (exact) mass is 528 g/mol. The third-order valence-corrected chi connectivity index (χ3v) is 7.66. The van der Waals surface area contributed by atoms with Gasteiger partial charge in [-0.05, 0) is 68.5 Å². The van der Waals surface area contributed by atoms with Gasteiger partial charge in [-0.1, -0.05) is 11.9 Å². The highest BCUT2D eigenvalue weighted by atomic mass is 32.2. The second-order valence-corrected chi connectivity index (χ2v) is 10.5. The van der Waals surface area contributed by atoms with Gasteiger partial charge in [0.05, 0.1) is 16.9 Å². The molecule has 0 saturated heterocycles. The largest absolute Gasteiger partial charge is 0.381 e. The number of hydrogen-bond donors (Lipinski definition) is 3. The molecule has 3 aromatic heterocycles. The van der Waals surface area contributed by atoms with Gasteiger partial charge in [-0.15, -0.1) is 5.10 Å². The first kappa shape index (κ1) is 24.2. The molecule has 1 aliphatic heterocycles. The predicted molar refractivity (Wildman–Crippen MR) is 149 cm³/mol. The topological polar surface area (TPSA) is 131 Å². The number of aryl methyl sites for hydroxylation is 1. The Labute approximate surface area is 224 Å². The zero-order valence-electron chi connectivity index (χ0n) is 21.4. The number of carbonyl (C=O) groups excluding carboxylic acids is 2. The number of nitrogens with one attached hydrogen (secondary N) is 2. The number of benzene rings is 1. The minimum atomic E-state index is -0.401. The van der Waals surface area contributed by atoms with Crippen LogP contribution >= 0.6 is 11.9 Å². The lowest BCUT2D eigenvalue weighted by Crippen LogP contribution is -2.34. The van der Waals surface area contributed by atoms with Crippen molar-refractivity contribution < 1.29 is 9.59 Å². The average molecular weight is 529 g/mol. The van der Waals surface area contributed by atoms with Crippen LogP contribution in [0.25, 0.3) is 16.9 Å². The van der Waals surface area contributed by atoms with E-state index in [9.17, 15) is 9.59 Å². The van der Waals surface area contributed by atoms with E-state index in [0.29, 0.717) is 29.5 Å². The van der Waals surface area contributed by atoms with Crippen LogP contribution in [0.5, 0.6) is 0 Å². The highest BCUT2D eigenvalue weighted by Crippen LogP contribution is 2.41. The summed E-state index contributed by atoms with van der Waals surface area (Å²) in [6.07, 6.45) is 7.65. The molecule has 4 aromatic rings. The smallest absolute Gasteiger partial charge is 0.263 e. The molecule has 6 rings (SSSR count). The zero-order chi connectivity index (χ0) is 26.6. The molecule has 10 nitrogen and oxygen atoms in total. The van der Waals surface area contributed by atoms with Gasteiger partial charge in [0, 0.05) is 48.2 Å². The van der Waals surface area contributed by atoms with Gasteiger partial charge in [-0.3, -0.25) is 14.6 Å². The number of aromatic nitrogens is 4. The fourth-order valence-electron chi connectivity index (χ4n) is 5.12. The van der Waals surface area contributed by atoms with Gasteiger partial charge in [-0.25, -0.2) is 9.50 Å². The normalized spacial score (nSPS) is 15.6. The molecule has 0 spiro atoms. The fourth-order valence-corrected chi connectivity index (χ4v) is 5.50. The first-order valence-corrected chi connectivity index (χ1v) is 13.7. The van der Waals surface area contributed by atoms with Crippen LogP contribution in [0.2, 0.25) is 0 Å². The zero-order valence-corrected chi connectivity index (χ0v) is 22.2. The van der Waals surface area contributed by atoms with E-state index >= 15 is 0 Å². The van der Waals surface area contributed by atoms with Gasteiger partial charge in [0.1, 0.15) is 5.56 Å². The number of nitrogens with two attached hydrogens (primary N) is 1. The number of pyridine rings is 1. The summed E-state index contributed by atoms with van der Waals surface area (Å²) in [5, 5.41) is 7.15. The van der Waals surface area contributed by atoms with Gasteiger partial charge in [0.15, 0.2) is 11.5 Å². The van der Waals surface area contributed by atoms with Crippen molar-refractivity contribution in [3.63, 3.8) is 0 Å². The van der Waals surface area contributed by atoms with Gasteiger partial charge < -0.3 is 20.7 Å². The van der Waals surface area contributed by atoms with Crippen molar-refractivity contribution in [3.05, 3.63) is 65.1 Å². The molecule has 11 heteroatoms. The molecular formula is C27H28N8O2S. The Kier molecular flexibility index (Phi) is 5.94. The maximum atomic E-state index is 13.4. The molecule has 0 bridgehead atoms. The van der Waals surface area contributed by atoms with Crippen LogP contribution in [-0.4, -0.2) is 48.6 Å². The van der Waals surface area contributed by atoms with Crippen LogP contribution < -0.4 is 15.8 Å². The van der Waals surface area contributed by atoms with Crippen molar-refractivity contribution in [2.24, 2.45) is 5.92 Å². The lowest BCUT2D eigenvalue weighted by atomic mass is 10.0. The summed E-state index contributed by atoms with van der Waals surface area (Å²) >= 11 is 1.44. The van der Waals surface area contributed by atoms with Gasteiger partial charge >= 0.3 is 0 Å². The third-order valence-electron chi connectivity index (χ3n) is 7.23. The van der Waals surface area contributed by atoms with Crippen molar-refractivity contribution in [3.8, 4) is 11.3 Å². The van der Waals surface area contributed by atoms with Crippen LogP contribution in [0, 0.1) is 12.8 Å². The van der Waals surface area contributed by atoms with Gasteiger partial charge in [-0.2, -0.15) is 0 Å². The number of hydrogen-bond acceptors (Lipinski definition) is 8. The summed E-state index contributed by atoms with van der Waals surface area (Å²) in [5.74, 6) is 0.343. The highest BCUT2D eigenvalue weighted by Gasteiger charge is 2.39. The SMILES string of the molecule is CSNc1cc(-c2ccn3nc(N)c(C(=O)Nc4ccnc(C)c4)c3n2)cc2c1C(=O)N(C(C)C1CC1)C2. The molecule has 1 unspecified atom stereocenters. The highest BCUT2D eigenvalue weighted by molar-refractivity contribution is 7.99. The molecule has 1 fully saturated rings. The van der Waals surface area contributed by atoms with E-state index in [2.05, 4.69) is 27.0 Å². The van der Waals surface area contributed by atoms with Crippen LogP contribution in [0.4, 0.5) is 17.2 Å². The maximum absolute atomic E-state index is 13.4. The molecule has 1 atom stereocenters. The molecule has 2 aliphatic rings. The molecule has 1 saturated carbocycles. The number of rotatable bonds is 7. The van der Waals surface area contributed by atoms with Crippen molar-refractivity contribution in [1.29, 1.82) is 0 Å². The Morgan fingerprint density at radius 2 is 2.05 bits per heavy atom. The average Bonchev–Trinajstić information content (AvgIpc) is 3.60. The Bertz CT molecular complexity index is 1600. The predicted octanol–water partition coefficient (Wildman–Crippen LogP) is 4.38. The number of anilines is 3. The molecule has 1 aliphatic carbocycles. The molecular weight excluding hydrogens is 500 g/mol. The number of nitrogen functional groups attached to an aromatic ring is 1. The summed E-state index contributed by atoms with van der Waals surface area (Å²) in [4.78, 5) is 37.5. The van der Waals surface area contributed by atoms with E-state index in [-0.39, 0.29) is 23.3 Å². The second-order valence-electron chi connectivity index (χ2n) is 9.86. The summed E-state index contributed by atoms with van der Waals surface area (Å²) in [7, 11) is 0. The first-order chi connectivity index (χ1) is 18.3. The lowest BCUT2D eigenvalue weighted by molar-refractivity contribution is 0.0698. The summed E-state index contributed by atoms with van der Waals surface area (Å²) in [6, 6.07) is 9.50. The van der Waals surface area contributed by atoms with Crippen molar-refractivity contribution in [2.45, 2.75) is 39.3 Å². The molecule has 194 valence electrons. The Morgan fingerprint density at radius 1 is 1.24 bits per heavy atom. The van der Waals surface area contributed by atoms with E-state index in [0.717, 1.165) is 28.1 Å². The number of carbonyl (C=O) groups is 2. The first-order valence-electron chi connectivity index (χ1n) is 12.5. The molecule has 1 aromatic carbocycles. The molecule has 38 heavy (non-hydrogen) atoms. The molecule has 4 heterocycles. The van der Waals surface area contributed by atoms with Crippen molar-refractivity contribution in [2.75, 3.05) is 22.0 Å². The number of nitrogens with zero attached hydrogens (tertiary/aromatic N) is 5. The lowest BCUT2D eigenvalue weighted by Gasteiger charge is -2.24. The second kappa shape index (κ2) is 9.32. The quantitative estimate of drug-likeness (QED) is 0.301. The maximum Gasteiger partial charge on any atom is 0.263 e. The van der Waals surface area contributed by atoms with Gasteiger partial charge in [0.25, 0.3) is 11.8 Å². The molecule has 4 N–H and O–H groups in total. The third kappa shape index (κ3) is 4.22.